The minimum absolute atomic E-state index is 0.156. The fourth-order valence-corrected chi connectivity index (χ4v) is 2.12. The van der Waals surface area contributed by atoms with Crippen molar-refractivity contribution in [2.24, 2.45) is 0 Å². The number of alkyl halides is 3. The van der Waals surface area contributed by atoms with Gasteiger partial charge in [-0.3, -0.25) is 4.79 Å². The monoisotopic (exact) mass is 302 g/mol. The maximum Gasteiger partial charge on any atom is 0.416 e. The van der Waals surface area contributed by atoms with E-state index in [1.165, 1.54) is 12.1 Å². The molecule has 116 valence electrons. The zero-order valence-electron chi connectivity index (χ0n) is 11.6. The van der Waals surface area contributed by atoms with Crippen molar-refractivity contribution in [1.82, 2.24) is 10.2 Å². The maximum atomic E-state index is 12.4. The van der Waals surface area contributed by atoms with Crippen molar-refractivity contribution < 1.29 is 22.7 Å². The summed E-state index contributed by atoms with van der Waals surface area (Å²) >= 11 is 0. The van der Waals surface area contributed by atoms with Gasteiger partial charge in [0.25, 0.3) is 5.91 Å². The number of nitrogens with zero attached hydrogens (tertiary/aromatic N) is 1. The van der Waals surface area contributed by atoms with E-state index in [-0.39, 0.29) is 11.7 Å². The SMILES string of the molecule is CC(Oc1ccc(C(F)(F)F)cc1)C(=O)N1CCNCC1. The number of hydrogen-bond acceptors (Lipinski definition) is 3. The van der Waals surface area contributed by atoms with Gasteiger partial charge in [-0.15, -0.1) is 0 Å². The van der Waals surface area contributed by atoms with Gasteiger partial charge in [-0.05, 0) is 31.2 Å². The molecule has 0 aromatic heterocycles. The van der Waals surface area contributed by atoms with Gasteiger partial charge in [-0.1, -0.05) is 0 Å². The molecule has 1 aliphatic rings. The van der Waals surface area contributed by atoms with Gasteiger partial charge in [0.05, 0.1) is 5.56 Å². The van der Waals surface area contributed by atoms with Crippen LogP contribution in [0.1, 0.15) is 12.5 Å². The van der Waals surface area contributed by atoms with E-state index in [1.54, 1.807) is 11.8 Å². The number of carbonyl (C=O) groups excluding carboxylic acids is 1. The lowest BCUT2D eigenvalue weighted by molar-refractivity contribution is -0.139. The lowest BCUT2D eigenvalue weighted by Crippen LogP contribution is -2.50. The van der Waals surface area contributed by atoms with E-state index < -0.39 is 17.8 Å². The van der Waals surface area contributed by atoms with E-state index in [9.17, 15) is 18.0 Å². The lowest BCUT2D eigenvalue weighted by atomic mass is 10.2. The Kier molecular flexibility index (Phi) is 4.72. The molecule has 1 saturated heterocycles. The van der Waals surface area contributed by atoms with Crippen molar-refractivity contribution in [3.05, 3.63) is 29.8 Å². The molecule has 1 aliphatic heterocycles. The molecule has 1 unspecified atom stereocenters. The molecule has 0 radical (unpaired) electrons. The third-order valence-electron chi connectivity index (χ3n) is 3.27. The predicted octanol–water partition coefficient (Wildman–Crippen LogP) is 1.90. The number of rotatable bonds is 3. The highest BCUT2D eigenvalue weighted by Gasteiger charge is 2.30. The number of ether oxygens (including phenoxy) is 1. The highest BCUT2D eigenvalue weighted by molar-refractivity contribution is 5.81. The van der Waals surface area contributed by atoms with Crippen molar-refractivity contribution >= 4 is 5.91 Å². The fourth-order valence-electron chi connectivity index (χ4n) is 2.12. The first-order valence-corrected chi connectivity index (χ1v) is 6.71. The topological polar surface area (TPSA) is 41.6 Å². The first-order chi connectivity index (χ1) is 9.88. The molecular formula is C14H17F3N2O2. The van der Waals surface area contributed by atoms with Crippen LogP contribution in [0, 0.1) is 0 Å². The average Bonchev–Trinajstić information content (AvgIpc) is 2.47. The number of carbonyl (C=O) groups is 1. The predicted molar refractivity (Wildman–Crippen MR) is 71.0 cm³/mol. The van der Waals surface area contributed by atoms with Crippen molar-refractivity contribution in [1.29, 1.82) is 0 Å². The summed E-state index contributed by atoms with van der Waals surface area (Å²) in [6, 6.07) is 4.34. The minimum Gasteiger partial charge on any atom is -0.481 e. The molecule has 7 heteroatoms. The van der Waals surface area contributed by atoms with Crippen LogP contribution in [-0.4, -0.2) is 43.1 Å². The summed E-state index contributed by atoms with van der Waals surface area (Å²) in [6.45, 7) is 4.29. The minimum atomic E-state index is -4.37. The van der Waals surface area contributed by atoms with Gasteiger partial charge in [-0.2, -0.15) is 13.2 Å². The molecule has 1 N–H and O–H groups in total. The molecule has 1 amide bonds. The molecule has 0 saturated carbocycles. The Balaban J connectivity index is 1.95. The van der Waals surface area contributed by atoms with Gasteiger partial charge in [0.15, 0.2) is 6.10 Å². The summed E-state index contributed by atoms with van der Waals surface area (Å²) in [6.07, 6.45) is -5.10. The molecule has 0 spiro atoms. The van der Waals surface area contributed by atoms with Gasteiger partial charge < -0.3 is 15.0 Å². The van der Waals surface area contributed by atoms with Gasteiger partial charge in [0, 0.05) is 26.2 Å². The quantitative estimate of drug-likeness (QED) is 0.927. The van der Waals surface area contributed by atoms with Gasteiger partial charge in [0.1, 0.15) is 5.75 Å². The standard InChI is InChI=1S/C14H17F3N2O2/c1-10(13(20)19-8-6-18-7-9-19)21-12-4-2-11(3-5-12)14(15,16)17/h2-5,10,18H,6-9H2,1H3. The van der Waals surface area contributed by atoms with Crippen LogP contribution in [0.15, 0.2) is 24.3 Å². The van der Waals surface area contributed by atoms with Crippen LogP contribution in [0.3, 0.4) is 0 Å². The summed E-state index contributed by atoms with van der Waals surface area (Å²) in [7, 11) is 0. The molecule has 1 fully saturated rings. The van der Waals surface area contributed by atoms with Crippen LogP contribution >= 0.6 is 0 Å². The Bertz CT molecular complexity index is 482. The van der Waals surface area contributed by atoms with Gasteiger partial charge >= 0.3 is 6.18 Å². The smallest absolute Gasteiger partial charge is 0.416 e. The number of nitrogens with one attached hydrogen (secondary N) is 1. The third kappa shape index (κ3) is 4.10. The van der Waals surface area contributed by atoms with E-state index in [1.807, 2.05) is 0 Å². The molecule has 1 aromatic carbocycles. The molecule has 1 atom stereocenters. The number of hydrogen-bond donors (Lipinski definition) is 1. The van der Waals surface area contributed by atoms with E-state index in [4.69, 9.17) is 4.74 Å². The second-order valence-corrected chi connectivity index (χ2v) is 4.86. The average molecular weight is 302 g/mol. The highest BCUT2D eigenvalue weighted by Crippen LogP contribution is 2.30. The summed E-state index contributed by atoms with van der Waals surface area (Å²) in [5, 5.41) is 3.14. The van der Waals surface area contributed by atoms with Crippen molar-refractivity contribution in [3.63, 3.8) is 0 Å². The van der Waals surface area contributed by atoms with Crippen LogP contribution < -0.4 is 10.1 Å². The Labute approximate surface area is 120 Å². The van der Waals surface area contributed by atoms with Crippen molar-refractivity contribution in [3.8, 4) is 5.75 Å². The summed E-state index contributed by atoms with van der Waals surface area (Å²) < 4.78 is 42.8. The largest absolute Gasteiger partial charge is 0.481 e. The molecule has 1 aromatic rings. The fraction of sp³-hybridized carbons (Fsp3) is 0.500. The normalized spacial score (nSPS) is 17.4. The second-order valence-electron chi connectivity index (χ2n) is 4.86. The van der Waals surface area contributed by atoms with Crippen LogP contribution in [-0.2, 0) is 11.0 Å². The van der Waals surface area contributed by atoms with E-state index in [0.29, 0.717) is 13.1 Å². The summed E-state index contributed by atoms with van der Waals surface area (Å²) in [5.41, 5.74) is -0.740. The summed E-state index contributed by atoms with van der Waals surface area (Å²) in [5.74, 6) is 0.0929. The lowest BCUT2D eigenvalue weighted by Gasteiger charge is -2.29. The van der Waals surface area contributed by atoms with Crippen molar-refractivity contribution in [2.75, 3.05) is 26.2 Å². The molecular weight excluding hydrogens is 285 g/mol. The van der Waals surface area contributed by atoms with Crippen LogP contribution in [0.25, 0.3) is 0 Å². The molecule has 21 heavy (non-hydrogen) atoms. The number of piperazine rings is 1. The van der Waals surface area contributed by atoms with E-state index >= 15 is 0 Å². The number of halogens is 3. The first-order valence-electron chi connectivity index (χ1n) is 6.71. The number of benzene rings is 1. The van der Waals surface area contributed by atoms with Gasteiger partial charge in [-0.25, -0.2) is 0 Å². The first kappa shape index (κ1) is 15.6. The molecule has 4 nitrogen and oxygen atoms in total. The van der Waals surface area contributed by atoms with Crippen LogP contribution in [0.2, 0.25) is 0 Å². The van der Waals surface area contributed by atoms with E-state index in [0.717, 1.165) is 25.2 Å². The van der Waals surface area contributed by atoms with Gasteiger partial charge in [0.2, 0.25) is 0 Å². The van der Waals surface area contributed by atoms with Crippen molar-refractivity contribution in [2.45, 2.75) is 19.2 Å². The molecule has 1 heterocycles. The molecule has 2 rings (SSSR count). The Morgan fingerprint density at radius 2 is 1.81 bits per heavy atom. The third-order valence-corrected chi connectivity index (χ3v) is 3.27. The van der Waals surface area contributed by atoms with Crippen LogP contribution in [0.4, 0.5) is 13.2 Å². The zero-order valence-corrected chi connectivity index (χ0v) is 11.6. The Morgan fingerprint density at radius 1 is 1.24 bits per heavy atom. The van der Waals surface area contributed by atoms with Crippen LogP contribution in [0.5, 0.6) is 5.75 Å². The molecule has 0 bridgehead atoms. The maximum absolute atomic E-state index is 12.4. The Morgan fingerprint density at radius 3 is 2.33 bits per heavy atom. The number of amides is 1. The summed E-state index contributed by atoms with van der Waals surface area (Å²) in [4.78, 5) is 13.8. The van der Waals surface area contributed by atoms with E-state index in [2.05, 4.69) is 5.32 Å². The second kappa shape index (κ2) is 6.34. The highest BCUT2D eigenvalue weighted by atomic mass is 19.4. The molecule has 0 aliphatic carbocycles. The zero-order chi connectivity index (χ0) is 15.5. The Hall–Kier alpha value is -1.76.